The standard InChI is InChI=1S/C21H34N4O4S/c1-18-5-3-4-12-23(18)15-16-25(17-21(26)24-13-10-22-11-14-24)30(27,28)20-8-6-19(29-2)7-9-20/h6-9,18,22H,3-5,10-17H2,1-2H3. The van der Waals surface area contributed by atoms with Crippen molar-refractivity contribution in [1.82, 2.24) is 19.4 Å². The van der Waals surface area contributed by atoms with E-state index in [2.05, 4.69) is 17.1 Å². The largest absolute Gasteiger partial charge is 0.497 e. The summed E-state index contributed by atoms with van der Waals surface area (Å²) in [6.45, 7) is 6.66. The smallest absolute Gasteiger partial charge is 0.243 e. The Morgan fingerprint density at radius 1 is 1.17 bits per heavy atom. The molecular weight excluding hydrogens is 404 g/mol. The SMILES string of the molecule is COc1ccc(S(=O)(=O)N(CCN2CCCCC2C)CC(=O)N2CCNCC2)cc1. The number of likely N-dealkylation sites (tertiary alicyclic amines) is 1. The first-order valence-electron chi connectivity index (χ1n) is 10.8. The van der Waals surface area contributed by atoms with Gasteiger partial charge in [0.1, 0.15) is 5.75 Å². The molecule has 168 valence electrons. The number of benzene rings is 1. The first-order valence-corrected chi connectivity index (χ1v) is 12.2. The van der Waals surface area contributed by atoms with Crippen LogP contribution in [0, 0.1) is 0 Å². The molecule has 0 bridgehead atoms. The fourth-order valence-corrected chi connectivity index (χ4v) is 5.46. The van der Waals surface area contributed by atoms with Crippen LogP contribution < -0.4 is 10.1 Å². The zero-order chi connectivity index (χ0) is 21.6. The lowest BCUT2D eigenvalue weighted by Crippen LogP contribution is -2.51. The van der Waals surface area contributed by atoms with E-state index in [0.717, 1.165) is 32.5 Å². The fourth-order valence-electron chi connectivity index (χ4n) is 4.08. The molecule has 1 atom stereocenters. The molecular formula is C21H34N4O4S. The number of piperazine rings is 1. The Bertz CT molecular complexity index is 794. The molecule has 30 heavy (non-hydrogen) atoms. The van der Waals surface area contributed by atoms with Gasteiger partial charge in [-0.2, -0.15) is 4.31 Å². The van der Waals surface area contributed by atoms with Crippen molar-refractivity contribution < 1.29 is 17.9 Å². The zero-order valence-electron chi connectivity index (χ0n) is 18.0. The lowest BCUT2D eigenvalue weighted by atomic mass is 10.0. The van der Waals surface area contributed by atoms with Gasteiger partial charge < -0.3 is 15.0 Å². The van der Waals surface area contributed by atoms with Crippen molar-refractivity contribution in [3.05, 3.63) is 24.3 Å². The summed E-state index contributed by atoms with van der Waals surface area (Å²) < 4.78 is 33.3. The molecule has 1 N–H and O–H groups in total. The highest BCUT2D eigenvalue weighted by Gasteiger charge is 2.30. The Morgan fingerprint density at radius 2 is 1.87 bits per heavy atom. The summed E-state index contributed by atoms with van der Waals surface area (Å²) in [5.74, 6) is 0.458. The molecule has 2 aliphatic rings. The highest BCUT2D eigenvalue weighted by Crippen LogP contribution is 2.21. The van der Waals surface area contributed by atoms with E-state index in [1.807, 2.05) is 0 Å². The van der Waals surface area contributed by atoms with Crippen molar-refractivity contribution in [2.24, 2.45) is 0 Å². The van der Waals surface area contributed by atoms with Gasteiger partial charge in [0.15, 0.2) is 0 Å². The summed E-state index contributed by atoms with van der Waals surface area (Å²) in [7, 11) is -2.25. The Balaban J connectivity index is 1.76. The number of nitrogens with one attached hydrogen (secondary N) is 1. The van der Waals surface area contributed by atoms with Crippen LogP contribution in [-0.4, -0.2) is 93.9 Å². The third kappa shape index (κ3) is 5.72. The van der Waals surface area contributed by atoms with Gasteiger partial charge in [0.05, 0.1) is 18.6 Å². The second kappa shape index (κ2) is 10.6. The summed E-state index contributed by atoms with van der Waals surface area (Å²) in [5, 5.41) is 3.22. The molecule has 2 aliphatic heterocycles. The predicted molar refractivity (Wildman–Crippen MR) is 116 cm³/mol. The monoisotopic (exact) mass is 438 g/mol. The van der Waals surface area contributed by atoms with E-state index in [1.165, 1.54) is 10.7 Å². The molecule has 0 aromatic heterocycles. The zero-order valence-corrected chi connectivity index (χ0v) is 18.9. The highest BCUT2D eigenvalue weighted by atomic mass is 32.2. The van der Waals surface area contributed by atoms with Gasteiger partial charge in [-0.05, 0) is 50.6 Å². The summed E-state index contributed by atoms with van der Waals surface area (Å²) in [6, 6.07) is 6.79. The second-order valence-corrected chi connectivity index (χ2v) is 9.96. The van der Waals surface area contributed by atoms with Crippen LogP contribution in [0.25, 0.3) is 0 Å². The summed E-state index contributed by atoms with van der Waals surface area (Å²) in [5.41, 5.74) is 0. The summed E-state index contributed by atoms with van der Waals surface area (Å²) >= 11 is 0. The van der Waals surface area contributed by atoms with E-state index in [4.69, 9.17) is 4.74 Å². The van der Waals surface area contributed by atoms with Crippen LogP contribution >= 0.6 is 0 Å². The molecule has 0 aliphatic carbocycles. The van der Waals surface area contributed by atoms with E-state index in [9.17, 15) is 13.2 Å². The topological polar surface area (TPSA) is 82.2 Å². The van der Waals surface area contributed by atoms with Gasteiger partial charge in [0.25, 0.3) is 0 Å². The van der Waals surface area contributed by atoms with Crippen molar-refractivity contribution >= 4 is 15.9 Å². The molecule has 1 aromatic rings. The number of methoxy groups -OCH3 is 1. The Labute approximate surface area is 180 Å². The van der Waals surface area contributed by atoms with Crippen LogP contribution in [0.15, 0.2) is 29.2 Å². The van der Waals surface area contributed by atoms with Crippen molar-refractivity contribution in [1.29, 1.82) is 0 Å². The lowest BCUT2D eigenvalue weighted by Gasteiger charge is -2.35. The van der Waals surface area contributed by atoms with Crippen molar-refractivity contribution in [2.45, 2.75) is 37.1 Å². The quantitative estimate of drug-likeness (QED) is 0.652. The third-order valence-corrected chi connectivity index (χ3v) is 7.92. The molecule has 9 heteroatoms. The minimum Gasteiger partial charge on any atom is -0.497 e. The maximum Gasteiger partial charge on any atom is 0.243 e. The molecule has 0 radical (unpaired) electrons. The summed E-state index contributed by atoms with van der Waals surface area (Å²) in [6.07, 6.45) is 3.48. The van der Waals surface area contributed by atoms with Gasteiger partial charge in [-0.25, -0.2) is 8.42 Å². The van der Waals surface area contributed by atoms with Crippen LogP contribution in [-0.2, 0) is 14.8 Å². The summed E-state index contributed by atoms with van der Waals surface area (Å²) in [4.78, 5) is 17.1. The Kier molecular flexibility index (Phi) is 8.10. The highest BCUT2D eigenvalue weighted by molar-refractivity contribution is 7.89. The van der Waals surface area contributed by atoms with Crippen LogP contribution in [0.5, 0.6) is 5.75 Å². The Hall–Kier alpha value is -1.68. The maximum absolute atomic E-state index is 13.4. The lowest BCUT2D eigenvalue weighted by molar-refractivity contribution is -0.132. The molecule has 1 aromatic carbocycles. The van der Waals surface area contributed by atoms with E-state index >= 15 is 0 Å². The number of piperidine rings is 1. The molecule has 1 amide bonds. The van der Waals surface area contributed by atoms with Crippen molar-refractivity contribution in [2.75, 3.05) is 59.5 Å². The fraction of sp³-hybridized carbons (Fsp3) is 0.667. The first kappa shape index (κ1) is 23.0. The minimum absolute atomic E-state index is 0.128. The molecule has 1 unspecified atom stereocenters. The molecule has 2 heterocycles. The molecule has 2 saturated heterocycles. The number of hydrogen-bond acceptors (Lipinski definition) is 6. The molecule has 8 nitrogen and oxygen atoms in total. The molecule has 3 rings (SSSR count). The number of amides is 1. The number of hydrogen-bond donors (Lipinski definition) is 1. The van der Waals surface area contributed by atoms with Crippen LogP contribution in [0.3, 0.4) is 0 Å². The van der Waals surface area contributed by atoms with E-state index in [0.29, 0.717) is 38.0 Å². The van der Waals surface area contributed by atoms with Crippen molar-refractivity contribution in [3.8, 4) is 5.75 Å². The normalized spacial score (nSPS) is 21.0. The number of carbonyl (C=O) groups is 1. The van der Waals surface area contributed by atoms with Crippen LogP contribution in [0.1, 0.15) is 26.2 Å². The number of nitrogens with zero attached hydrogens (tertiary/aromatic N) is 3. The molecule has 0 saturated carbocycles. The van der Waals surface area contributed by atoms with Crippen molar-refractivity contribution in [3.63, 3.8) is 0 Å². The van der Waals surface area contributed by atoms with Gasteiger partial charge in [-0.15, -0.1) is 0 Å². The van der Waals surface area contributed by atoms with Gasteiger partial charge >= 0.3 is 0 Å². The number of sulfonamides is 1. The van der Waals surface area contributed by atoms with Gasteiger partial charge in [-0.1, -0.05) is 6.42 Å². The van der Waals surface area contributed by atoms with E-state index in [1.54, 1.807) is 36.3 Å². The van der Waals surface area contributed by atoms with Gasteiger partial charge in [0, 0.05) is 45.3 Å². The predicted octanol–water partition coefficient (Wildman–Crippen LogP) is 0.992. The van der Waals surface area contributed by atoms with Crippen LogP contribution in [0.4, 0.5) is 0 Å². The number of rotatable bonds is 8. The molecule has 2 fully saturated rings. The average molecular weight is 439 g/mol. The first-order chi connectivity index (χ1) is 14.4. The van der Waals surface area contributed by atoms with Gasteiger partial charge in [0.2, 0.25) is 15.9 Å². The second-order valence-electron chi connectivity index (χ2n) is 8.03. The van der Waals surface area contributed by atoms with Gasteiger partial charge in [-0.3, -0.25) is 9.69 Å². The van der Waals surface area contributed by atoms with Crippen LogP contribution in [0.2, 0.25) is 0 Å². The maximum atomic E-state index is 13.4. The average Bonchev–Trinajstić information content (AvgIpc) is 2.78. The third-order valence-electron chi connectivity index (χ3n) is 6.06. The number of carbonyl (C=O) groups excluding carboxylic acids is 1. The Morgan fingerprint density at radius 3 is 2.50 bits per heavy atom. The van der Waals surface area contributed by atoms with E-state index < -0.39 is 10.0 Å². The minimum atomic E-state index is -3.79. The van der Waals surface area contributed by atoms with E-state index in [-0.39, 0.29) is 17.3 Å². The number of ether oxygens (including phenoxy) is 1. The molecule has 0 spiro atoms.